The first-order valence-electron chi connectivity index (χ1n) is 8.86. The molecule has 0 radical (unpaired) electrons. The van der Waals surface area contributed by atoms with Gasteiger partial charge in [0.1, 0.15) is 5.58 Å². The van der Waals surface area contributed by atoms with E-state index in [0.29, 0.717) is 34.5 Å². The molecule has 28 heavy (non-hydrogen) atoms. The van der Waals surface area contributed by atoms with E-state index in [9.17, 15) is 14.7 Å². The van der Waals surface area contributed by atoms with Gasteiger partial charge in [-0.05, 0) is 48.7 Å². The first-order chi connectivity index (χ1) is 13.4. The van der Waals surface area contributed by atoms with Crippen molar-refractivity contribution >= 4 is 44.4 Å². The topological polar surface area (TPSA) is 70.8 Å². The number of halogens is 2. The number of aliphatic hydroxyl groups excluding tert-OH is 1. The van der Waals surface area contributed by atoms with Crippen LogP contribution in [-0.2, 0) is 0 Å². The Morgan fingerprint density at radius 2 is 2.04 bits per heavy atom. The van der Waals surface area contributed by atoms with Gasteiger partial charge in [0.05, 0.1) is 17.0 Å². The molecular formula is C21H17BrClNO4. The number of hydrogen-bond donors (Lipinski definition) is 1. The number of rotatable bonds is 4. The second-order valence-electron chi connectivity index (χ2n) is 6.80. The molecular weight excluding hydrogens is 446 g/mol. The van der Waals surface area contributed by atoms with Crippen LogP contribution in [0, 0.1) is 6.92 Å². The van der Waals surface area contributed by atoms with Crippen LogP contribution in [-0.4, -0.2) is 29.1 Å². The number of fused-ring (bicyclic) bond motifs is 2. The van der Waals surface area contributed by atoms with Crippen LogP contribution in [0.15, 0.2) is 50.1 Å². The lowest BCUT2D eigenvalue weighted by atomic mass is 9.98. The van der Waals surface area contributed by atoms with Gasteiger partial charge in [0.2, 0.25) is 5.76 Å². The lowest BCUT2D eigenvalue weighted by Crippen LogP contribution is -2.31. The van der Waals surface area contributed by atoms with Crippen LogP contribution in [0.3, 0.4) is 0 Å². The van der Waals surface area contributed by atoms with E-state index in [2.05, 4.69) is 15.9 Å². The fourth-order valence-corrected chi connectivity index (χ4v) is 4.22. The fourth-order valence-electron chi connectivity index (χ4n) is 3.64. The van der Waals surface area contributed by atoms with Gasteiger partial charge >= 0.3 is 0 Å². The highest BCUT2D eigenvalue weighted by molar-refractivity contribution is 9.10. The molecule has 1 N–H and O–H groups in total. The van der Waals surface area contributed by atoms with Gasteiger partial charge < -0.3 is 14.4 Å². The Bertz CT molecular complexity index is 1160. The van der Waals surface area contributed by atoms with Crippen molar-refractivity contribution in [2.75, 3.05) is 13.2 Å². The van der Waals surface area contributed by atoms with Gasteiger partial charge in [-0.15, -0.1) is 0 Å². The molecule has 2 aromatic carbocycles. The van der Waals surface area contributed by atoms with Gasteiger partial charge in [-0.2, -0.15) is 0 Å². The Morgan fingerprint density at radius 1 is 1.25 bits per heavy atom. The van der Waals surface area contributed by atoms with Gasteiger partial charge in [0, 0.05) is 22.6 Å². The Balaban J connectivity index is 2.00. The Morgan fingerprint density at radius 3 is 2.75 bits per heavy atom. The number of benzene rings is 2. The summed E-state index contributed by atoms with van der Waals surface area (Å²) in [6, 6.07) is 10.2. The molecule has 0 fully saturated rings. The smallest absolute Gasteiger partial charge is 0.290 e. The Kier molecular flexibility index (Phi) is 5.04. The number of carbonyl (C=O) groups excluding carboxylic acids is 1. The molecule has 1 aliphatic rings. The largest absolute Gasteiger partial charge is 0.450 e. The minimum Gasteiger partial charge on any atom is -0.450 e. The quantitative estimate of drug-likeness (QED) is 0.622. The summed E-state index contributed by atoms with van der Waals surface area (Å²) in [4.78, 5) is 28.0. The highest BCUT2D eigenvalue weighted by Crippen LogP contribution is 2.39. The van der Waals surface area contributed by atoms with Crippen LogP contribution < -0.4 is 5.43 Å². The summed E-state index contributed by atoms with van der Waals surface area (Å²) in [6.07, 6.45) is 0.406. The van der Waals surface area contributed by atoms with Crippen molar-refractivity contribution in [2.24, 2.45) is 0 Å². The predicted octanol–water partition coefficient (Wildman–Crippen LogP) is 4.44. The van der Waals surface area contributed by atoms with Crippen LogP contribution in [0.5, 0.6) is 0 Å². The van der Waals surface area contributed by atoms with E-state index >= 15 is 0 Å². The summed E-state index contributed by atoms with van der Waals surface area (Å²) in [6.45, 7) is 2.07. The van der Waals surface area contributed by atoms with E-state index in [1.165, 1.54) is 0 Å². The fraction of sp³-hybridized carbons (Fsp3) is 0.238. The van der Waals surface area contributed by atoms with E-state index in [0.717, 1.165) is 15.6 Å². The van der Waals surface area contributed by atoms with Crippen LogP contribution in [0.2, 0.25) is 5.02 Å². The number of carbonyl (C=O) groups is 1. The zero-order chi connectivity index (χ0) is 20.0. The van der Waals surface area contributed by atoms with E-state index in [1.54, 1.807) is 17.0 Å². The maximum Gasteiger partial charge on any atom is 0.290 e. The lowest BCUT2D eigenvalue weighted by Gasteiger charge is -2.25. The summed E-state index contributed by atoms with van der Waals surface area (Å²) in [5.41, 5.74) is 1.96. The zero-order valence-corrected chi connectivity index (χ0v) is 17.4. The van der Waals surface area contributed by atoms with E-state index in [4.69, 9.17) is 16.0 Å². The number of amides is 1. The van der Waals surface area contributed by atoms with Crippen molar-refractivity contribution in [3.05, 3.63) is 78.6 Å². The van der Waals surface area contributed by atoms with Crippen molar-refractivity contribution in [3.8, 4) is 0 Å². The second-order valence-corrected chi connectivity index (χ2v) is 8.13. The average molecular weight is 463 g/mol. The molecule has 1 aliphatic heterocycles. The molecule has 0 saturated carbocycles. The molecule has 0 spiro atoms. The van der Waals surface area contributed by atoms with Crippen molar-refractivity contribution in [1.29, 1.82) is 0 Å². The van der Waals surface area contributed by atoms with Gasteiger partial charge in [0.15, 0.2) is 5.43 Å². The third kappa shape index (κ3) is 3.05. The van der Waals surface area contributed by atoms with E-state index < -0.39 is 6.04 Å². The van der Waals surface area contributed by atoms with Crippen LogP contribution in [0.1, 0.15) is 39.7 Å². The summed E-state index contributed by atoms with van der Waals surface area (Å²) < 4.78 is 6.75. The lowest BCUT2D eigenvalue weighted by molar-refractivity contribution is 0.0716. The Labute approximate surface area is 174 Å². The van der Waals surface area contributed by atoms with Crippen LogP contribution in [0.4, 0.5) is 0 Å². The number of hydrogen-bond acceptors (Lipinski definition) is 4. The van der Waals surface area contributed by atoms with Gasteiger partial charge in [0.25, 0.3) is 5.91 Å². The molecule has 0 unspecified atom stereocenters. The third-order valence-electron chi connectivity index (χ3n) is 4.97. The summed E-state index contributed by atoms with van der Waals surface area (Å²) in [7, 11) is 0. The molecule has 0 saturated heterocycles. The number of nitrogens with zero attached hydrogens (tertiary/aromatic N) is 1. The van der Waals surface area contributed by atoms with Crippen molar-refractivity contribution in [2.45, 2.75) is 19.4 Å². The zero-order valence-electron chi connectivity index (χ0n) is 15.0. The van der Waals surface area contributed by atoms with Crippen LogP contribution in [0.25, 0.3) is 11.0 Å². The molecule has 7 heteroatoms. The molecule has 0 bridgehead atoms. The molecule has 5 nitrogen and oxygen atoms in total. The van der Waals surface area contributed by atoms with Gasteiger partial charge in [-0.3, -0.25) is 9.59 Å². The maximum atomic E-state index is 13.4. The number of aryl methyl sites for hydroxylation is 1. The highest BCUT2D eigenvalue weighted by atomic mass is 79.9. The molecule has 144 valence electrons. The summed E-state index contributed by atoms with van der Waals surface area (Å²) in [5.74, 6) is -0.290. The molecule has 1 aromatic heterocycles. The first-order valence-corrected chi connectivity index (χ1v) is 10.0. The molecule has 0 aliphatic carbocycles. The maximum absolute atomic E-state index is 13.4. The molecule has 1 atom stereocenters. The van der Waals surface area contributed by atoms with Crippen molar-refractivity contribution in [3.63, 3.8) is 0 Å². The minimum atomic E-state index is -0.577. The van der Waals surface area contributed by atoms with E-state index in [1.807, 2.05) is 31.2 Å². The second kappa shape index (κ2) is 7.35. The molecule has 3 aromatic rings. The predicted molar refractivity (Wildman–Crippen MR) is 111 cm³/mol. The van der Waals surface area contributed by atoms with Crippen molar-refractivity contribution < 1.29 is 14.3 Å². The summed E-state index contributed by atoms with van der Waals surface area (Å²) in [5, 5.41) is 10.1. The Hall–Kier alpha value is -2.15. The molecule has 1 amide bonds. The van der Waals surface area contributed by atoms with Crippen molar-refractivity contribution in [1.82, 2.24) is 4.90 Å². The first kappa shape index (κ1) is 19.2. The van der Waals surface area contributed by atoms with E-state index in [-0.39, 0.29) is 23.7 Å². The summed E-state index contributed by atoms with van der Waals surface area (Å²) >= 11 is 9.67. The minimum absolute atomic E-state index is 0.0521. The van der Waals surface area contributed by atoms with Crippen LogP contribution >= 0.6 is 27.5 Å². The standard InChI is InChI=1S/C21H17BrClNO4/c1-11-8-16-14(10-15(11)23)19(26)17-18(12-4-2-5-13(22)9-12)24(6-3-7-25)21(27)20(17)28-16/h2,4-5,8-10,18,25H,3,6-7H2,1H3/t18-/m0/s1. The SMILES string of the molecule is Cc1cc2oc3c(c(=O)c2cc1Cl)[C@H](c1cccc(Br)c1)N(CCCO)C3=O. The highest BCUT2D eigenvalue weighted by Gasteiger charge is 2.42. The number of aliphatic hydroxyl groups is 1. The molecule has 2 heterocycles. The van der Waals surface area contributed by atoms with Gasteiger partial charge in [-0.25, -0.2) is 0 Å². The monoisotopic (exact) mass is 461 g/mol. The normalized spacial score (nSPS) is 16.1. The third-order valence-corrected chi connectivity index (χ3v) is 5.87. The average Bonchev–Trinajstić information content (AvgIpc) is 2.94. The molecule has 4 rings (SSSR count). The van der Waals surface area contributed by atoms with Gasteiger partial charge in [-0.1, -0.05) is 39.7 Å².